The Morgan fingerprint density at radius 1 is 0.429 bits per heavy atom. The first-order valence-corrected chi connectivity index (χ1v) is 14.1. The van der Waals surface area contributed by atoms with Crippen LogP contribution < -0.4 is 0 Å². The predicted octanol–water partition coefficient (Wildman–Crippen LogP) is 9.66. The summed E-state index contributed by atoms with van der Waals surface area (Å²) >= 11 is 0. The highest BCUT2D eigenvalue weighted by Gasteiger charge is 2.17. The fourth-order valence-electron chi connectivity index (χ4n) is 5.82. The van der Waals surface area contributed by atoms with E-state index in [-0.39, 0.29) is 0 Å². The lowest BCUT2D eigenvalue weighted by Crippen LogP contribution is -1.88. The third-order valence-corrected chi connectivity index (χ3v) is 7.72. The van der Waals surface area contributed by atoms with E-state index >= 15 is 0 Å². The highest BCUT2D eigenvalue weighted by Crippen LogP contribution is 2.38. The van der Waals surface area contributed by atoms with Crippen LogP contribution in [0.2, 0.25) is 0 Å². The number of aromatic nitrogens is 4. The van der Waals surface area contributed by atoms with Crippen LogP contribution in [0.5, 0.6) is 0 Å². The summed E-state index contributed by atoms with van der Waals surface area (Å²) in [4.78, 5) is 17.6. The smallest absolute Gasteiger partial charge is 0.0737 e. The van der Waals surface area contributed by atoms with E-state index in [2.05, 4.69) is 150 Å². The summed E-state index contributed by atoms with van der Waals surface area (Å²) in [6, 6.07) is 42.1. The monoisotopic (exact) mass is 538 g/mol. The maximum atomic E-state index is 5.32. The third kappa shape index (κ3) is 4.36. The number of aromatic amines is 2. The first kappa shape index (κ1) is 24.1. The van der Waals surface area contributed by atoms with Crippen molar-refractivity contribution in [2.45, 2.75) is 0 Å². The molecule has 2 N–H and O–H groups in total. The van der Waals surface area contributed by atoms with E-state index in [9.17, 15) is 0 Å². The van der Waals surface area contributed by atoms with Crippen LogP contribution in [0.4, 0.5) is 0 Å². The van der Waals surface area contributed by atoms with Crippen molar-refractivity contribution in [2.75, 3.05) is 0 Å². The quantitative estimate of drug-likeness (QED) is 0.235. The maximum absolute atomic E-state index is 5.32. The molecule has 4 heteroatoms. The molecule has 2 aliphatic rings. The van der Waals surface area contributed by atoms with Crippen LogP contribution in [0.15, 0.2) is 121 Å². The minimum atomic E-state index is 0.902. The number of fused-ring (bicyclic) bond motifs is 8. The van der Waals surface area contributed by atoms with Crippen LogP contribution in [0.1, 0.15) is 22.8 Å². The van der Waals surface area contributed by atoms with Crippen LogP contribution in [0, 0.1) is 0 Å². The molecule has 8 bridgehead atoms. The van der Waals surface area contributed by atoms with Crippen molar-refractivity contribution in [3.8, 4) is 33.4 Å². The van der Waals surface area contributed by atoms with Gasteiger partial charge >= 0.3 is 0 Å². The van der Waals surface area contributed by atoms with Gasteiger partial charge in [-0.3, -0.25) is 0 Å². The van der Waals surface area contributed by atoms with Gasteiger partial charge < -0.3 is 9.97 Å². The lowest BCUT2D eigenvalue weighted by atomic mass is 9.99. The molecular weight excluding hydrogens is 512 g/mol. The normalized spacial score (nSPS) is 12.1. The Hall–Kier alpha value is -5.74. The van der Waals surface area contributed by atoms with Crippen LogP contribution in [-0.4, -0.2) is 19.9 Å². The molecule has 0 radical (unpaired) electrons. The molecule has 198 valence electrons. The van der Waals surface area contributed by atoms with Crippen LogP contribution in [-0.2, 0) is 0 Å². The van der Waals surface area contributed by atoms with Crippen molar-refractivity contribution >= 4 is 46.4 Å². The zero-order valence-corrected chi connectivity index (χ0v) is 22.8. The number of hydrogen-bond donors (Lipinski definition) is 2. The number of H-pyrrole nitrogens is 2. The summed E-state index contributed by atoms with van der Waals surface area (Å²) in [5.41, 5.74) is 14.2. The predicted molar refractivity (Wildman–Crippen MR) is 175 cm³/mol. The minimum absolute atomic E-state index is 0.902. The van der Waals surface area contributed by atoms with Gasteiger partial charge in [0.25, 0.3) is 0 Å². The molecule has 5 heterocycles. The second-order valence-electron chi connectivity index (χ2n) is 10.5. The van der Waals surface area contributed by atoms with E-state index in [1.807, 2.05) is 6.07 Å². The average molecular weight is 539 g/mol. The number of hydrogen-bond acceptors (Lipinski definition) is 2. The van der Waals surface area contributed by atoms with Gasteiger partial charge in [0.1, 0.15) is 0 Å². The van der Waals surface area contributed by atoms with E-state index in [0.29, 0.717) is 0 Å². The molecule has 3 aromatic heterocycles. The van der Waals surface area contributed by atoms with Gasteiger partial charge in [-0.2, -0.15) is 0 Å². The second kappa shape index (κ2) is 10.0. The molecule has 0 saturated heterocycles. The molecule has 8 rings (SSSR count). The summed E-state index contributed by atoms with van der Waals surface area (Å²) < 4.78 is 0. The number of nitrogens with zero attached hydrogens (tertiary/aromatic N) is 2. The largest absolute Gasteiger partial charge is 0.355 e. The Morgan fingerprint density at radius 3 is 1.67 bits per heavy atom. The van der Waals surface area contributed by atoms with Gasteiger partial charge in [0.15, 0.2) is 0 Å². The van der Waals surface area contributed by atoms with Gasteiger partial charge in [0, 0.05) is 33.2 Å². The SMILES string of the molecule is C1=Cc2cc3cc(-c4ccccc4)c([nH]3)c(-c3ccccc3)c3nc(c(-c4ccccc4)c4ccc(cc1n2)[nH]4)C=C3. The molecule has 4 nitrogen and oxygen atoms in total. The van der Waals surface area contributed by atoms with Gasteiger partial charge in [-0.1, -0.05) is 91.0 Å². The number of benzene rings is 3. The molecule has 2 aliphatic heterocycles. The molecule has 3 aromatic carbocycles. The zero-order valence-electron chi connectivity index (χ0n) is 22.8. The van der Waals surface area contributed by atoms with E-state index in [1.165, 1.54) is 0 Å². The van der Waals surface area contributed by atoms with E-state index in [4.69, 9.17) is 9.97 Å². The third-order valence-electron chi connectivity index (χ3n) is 7.72. The highest BCUT2D eigenvalue weighted by atomic mass is 14.8. The van der Waals surface area contributed by atoms with Gasteiger partial charge in [0.2, 0.25) is 0 Å². The van der Waals surface area contributed by atoms with Crippen LogP contribution >= 0.6 is 0 Å². The van der Waals surface area contributed by atoms with Crippen molar-refractivity contribution in [3.63, 3.8) is 0 Å². The first-order valence-electron chi connectivity index (χ1n) is 14.1. The molecule has 0 saturated carbocycles. The Morgan fingerprint density at radius 2 is 1.00 bits per heavy atom. The van der Waals surface area contributed by atoms with Gasteiger partial charge in [0.05, 0.1) is 28.3 Å². The van der Waals surface area contributed by atoms with Crippen molar-refractivity contribution in [2.24, 2.45) is 0 Å². The van der Waals surface area contributed by atoms with Crippen LogP contribution in [0.25, 0.3) is 79.8 Å². The fraction of sp³-hybridized carbons (Fsp3) is 0. The Kier molecular flexibility index (Phi) is 5.75. The Balaban J connectivity index is 1.57. The minimum Gasteiger partial charge on any atom is -0.355 e. The summed E-state index contributed by atoms with van der Waals surface area (Å²) in [6.07, 6.45) is 8.38. The Bertz CT molecular complexity index is 2170. The van der Waals surface area contributed by atoms with Crippen molar-refractivity contribution in [1.82, 2.24) is 19.9 Å². The molecule has 0 spiro atoms. The van der Waals surface area contributed by atoms with Crippen molar-refractivity contribution < 1.29 is 0 Å². The number of rotatable bonds is 3. The van der Waals surface area contributed by atoms with E-state index in [1.54, 1.807) is 0 Å². The summed E-state index contributed by atoms with van der Waals surface area (Å²) in [5.74, 6) is 0. The van der Waals surface area contributed by atoms with Crippen molar-refractivity contribution in [3.05, 3.63) is 144 Å². The molecule has 6 aromatic rings. The molecule has 0 aliphatic carbocycles. The second-order valence-corrected chi connectivity index (χ2v) is 10.5. The first-order chi connectivity index (χ1) is 20.8. The lowest BCUT2D eigenvalue weighted by molar-refractivity contribution is 1.31. The topological polar surface area (TPSA) is 57.4 Å². The maximum Gasteiger partial charge on any atom is 0.0737 e. The van der Waals surface area contributed by atoms with Crippen molar-refractivity contribution in [1.29, 1.82) is 0 Å². The van der Waals surface area contributed by atoms with Crippen LogP contribution in [0.3, 0.4) is 0 Å². The summed E-state index contributed by atoms with van der Waals surface area (Å²) in [7, 11) is 0. The van der Waals surface area contributed by atoms with Gasteiger partial charge in [-0.15, -0.1) is 0 Å². The molecular formula is C38H26N4. The average Bonchev–Trinajstić information content (AvgIpc) is 3.85. The molecule has 0 atom stereocenters. The summed E-state index contributed by atoms with van der Waals surface area (Å²) in [5, 5.41) is 0. The van der Waals surface area contributed by atoms with E-state index in [0.717, 1.165) is 78.2 Å². The fourth-order valence-corrected chi connectivity index (χ4v) is 5.82. The number of nitrogens with one attached hydrogen (secondary N) is 2. The lowest BCUT2D eigenvalue weighted by Gasteiger charge is -2.07. The zero-order chi connectivity index (χ0) is 27.9. The standard InChI is InChI=1S/C38H26N4/c1-4-10-25(11-5-1)32-24-31-23-29-17-16-28(39-29)22-30-18-19-33(40-30)36(26-12-6-2-7-13-26)34-20-21-35(42-34)37(38(32)41-31)27-14-8-3-9-15-27/h1-24,40-41H. The molecule has 0 unspecified atom stereocenters. The molecule has 0 amide bonds. The van der Waals surface area contributed by atoms with Gasteiger partial charge in [-0.25, -0.2) is 9.97 Å². The van der Waals surface area contributed by atoms with Gasteiger partial charge in [-0.05, 0) is 71.3 Å². The Labute approximate surface area is 243 Å². The summed E-state index contributed by atoms with van der Waals surface area (Å²) in [6.45, 7) is 0. The molecule has 0 fully saturated rings. The van der Waals surface area contributed by atoms with E-state index < -0.39 is 0 Å². The molecule has 42 heavy (non-hydrogen) atoms. The highest BCUT2D eigenvalue weighted by molar-refractivity contribution is 6.00.